The summed E-state index contributed by atoms with van der Waals surface area (Å²) in [6.45, 7) is 4.50. The normalized spacial score (nSPS) is 12.5. The predicted molar refractivity (Wildman–Crippen MR) is 215 cm³/mol. The Morgan fingerprint density at radius 1 is 0.453 bits per heavy atom. The van der Waals surface area contributed by atoms with Crippen LogP contribution in [-0.2, 0) is 5.41 Å². The maximum Gasteiger partial charge on any atom is 0.160 e. The van der Waals surface area contributed by atoms with E-state index in [4.69, 9.17) is 9.97 Å². The summed E-state index contributed by atoms with van der Waals surface area (Å²) in [6.07, 6.45) is 3.71. The highest BCUT2D eigenvalue weighted by Crippen LogP contribution is 2.50. The van der Waals surface area contributed by atoms with E-state index < -0.39 is 0 Å². The Labute approximate surface area is 309 Å². The van der Waals surface area contributed by atoms with Crippen LogP contribution < -0.4 is 0 Å². The minimum atomic E-state index is -0.196. The minimum Gasteiger partial charge on any atom is -0.264 e. The quantitative estimate of drug-likeness (QED) is 0.176. The Balaban J connectivity index is 1.13. The summed E-state index contributed by atoms with van der Waals surface area (Å²) in [5.74, 6) is 0.686. The maximum absolute atomic E-state index is 9.55. The van der Waals surface area contributed by atoms with Gasteiger partial charge in [-0.1, -0.05) is 123 Å². The molecule has 0 saturated heterocycles. The largest absolute Gasteiger partial charge is 0.264 e. The van der Waals surface area contributed by atoms with Gasteiger partial charge in [0.05, 0.1) is 23.0 Å². The Kier molecular flexibility index (Phi) is 7.83. The number of benzene rings is 6. The molecule has 53 heavy (non-hydrogen) atoms. The molecule has 0 saturated carbocycles. The van der Waals surface area contributed by atoms with Crippen molar-refractivity contribution >= 4 is 0 Å². The molecular weight excluding hydrogens is 645 g/mol. The van der Waals surface area contributed by atoms with E-state index in [1.807, 2.05) is 60.8 Å². The molecule has 6 aromatic carbocycles. The summed E-state index contributed by atoms with van der Waals surface area (Å²) in [5.41, 5.74) is 16.8. The van der Waals surface area contributed by atoms with Crippen molar-refractivity contribution in [2.45, 2.75) is 19.3 Å². The number of pyridine rings is 1. The lowest BCUT2D eigenvalue weighted by molar-refractivity contribution is 0.660. The van der Waals surface area contributed by atoms with Crippen LogP contribution in [0.4, 0.5) is 0 Å². The van der Waals surface area contributed by atoms with Gasteiger partial charge in [0.2, 0.25) is 0 Å². The van der Waals surface area contributed by atoms with Gasteiger partial charge in [0.1, 0.15) is 0 Å². The summed E-state index contributed by atoms with van der Waals surface area (Å²) in [7, 11) is 0. The van der Waals surface area contributed by atoms with Gasteiger partial charge in [-0.05, 0) is 98.6 Å². The van der Waals surface area contributed by atoms with Crippen molar-refractivity contribution in [3.05, 3.63) is 187 Å². The molecule has 1 aliphatic carbocycles. The maximum atomic E-state index is 9.55. The van der Waals surface area contributed by atoms with E-state index in [-0.39, 0.29) is 5.41 Å². The number of nitrogens with zero attached hydrogens (tertiary/aromatic N) is 4. The molecule has 9 rings (SSSR count). The zero-order chi connectivity index (χ0) is 35.9. The molecule has 0 atom stereocenters. The first-order valence-electron chi connectivity index (χ1n) is 17.8. The van der Waals surface area contributed by atoms with E-state index in [2.05, 4.69) is 128 Å². The topological polar surface area (TPSA) is 62.5 Å². The third-order valence-corrected chi connectivity index (χ3v) is 10.4. The molecule has 4 heteroatoms. The number of nitriles is 1. The lowest BCUT2D eigenvalue weighted by atomic mass is 9.81. The fraction of sp³-hybridized carbons (Fsp3) is 0.0612. The SMILES string of the molecule is CC1(C)c2cc(C#N)ccc2-c2ccc(-c3ccc(-c4cc(-c5cccnc5)cc(-c5cc(-c6ccccc6)nc(-c6ccccc6)n5)c4)cc3)cc21. The van der Waals surface area contributed by atoms with Crippen molar-refractivity contribution in [1.29, 1.82) is 5.26 Å². The molecule has 2 heterocycles. The van der Waals surface area contributed by atoms with Crippen LogP contribution >= 0.6 is 0 Å². The number of hydrogen-bond acceptors (Lipinski definition) is 4. The summed E-state index contributed by atoms with van der Waals surface area (Å²) in [4.78, 5) is 14.6. The average Bonchev–Trinajstić information content (AvgIpc) is 3.46. The molecule has 0 radical (unpaired) electrons. The van der Waals surface area contributed by atoms with Crippen LogP contribution in [0.15, 0.2) is 170 Å². The highest BCUT2D eigenvalue weighted by Gasteiger charge is 2.35. The van der Waals surface area contributed by atoms with Crippen molar-refractivity contribution in [2.75, 3.05) is 0 Å². The van der Waals surface area contributed by atoms with E-state index in [1.165, 1.54) is 27.8 Å². The molecule has 0 amide bonds. The van der Waals surface area contributed by atoms with Crippen molar-refractivity contribution in [3.63, 3.8) is 0 Å². The third kappa shape index (κ3) is 5.89. The second-order valence-corrected chi connectivity index (χ2v) is 14.1. The fourth-order valence-electron chi connectivity index (χ4n) is 7.55. The lowest BCUT2D eigenvalue weighted by Crippen LogP contribution is -2.15. The van der Waals surface area contributed by atoms with Gasteiger partial charge >= 0.3 is 0 Å². The van der Waals surface area contributed by atoms with Gasteiger partial charge in [-0.25, -0.2) is 9.97 Å². The van der Waals surface area contributed by atoms with E-state index >= 15 is 0 Å². The van der Waals surface area contributed by atoms with E-state index in [0.29, 0.717) is 11.4 Å². The van der Waals surface area contributed by atoms with Gasteiger partial charge in [0, 0.05) is 40.1 Å². The van der Waals surface area contributed by atoms with E-state index in [0.717, 1.165) is 55.9 Å². The highest BCUT2D eigenvalue weighted by atomic mass is 14.9. The number of hydrogen-bond donors (Lipinski definition) is 0. The van der Waals surface area contributed by atoms with Crippen LogP contribution in [0.1, 0.15) is 30.5 Å². The first-order chi connectivity index (χ1) is 25.9. The molecular formula is C49H34N4. The standard InChI is InChI=1S/C49H34N4/c1-49(2)44-24-32(30-50)15-21-42(44)43-22-20-37(28-45(43)49)33-16-18-34(19-17-33)39-25-40(38-14-9-23-51-31-38)27-41(26-39)47-29-46(35-10-5-3-6-11-35)52-48(53-47)36-12-7-4-8-13-36/h3-29,31H,1-2H3. The first kappa shape index (κ1) is 32.0. The van der Waals surface area contributed by atoms with Crippen molar-refractivity contribution in [2.24, 2.45) is 0 Å². The van der Waals surface area contributed by atoms with Crippen LogP contribution in [0.2, 0.25) is 0 Å². The van der Waals surface area contributed by atoms with Crippen LogP contribution in [0.3, 0.4) is 0 Å². The molecule has 2 aromatic heterocycles. The smallest absolute Gasteiger partial charge is 0.160 e. The molecule has 0 fully saturated rings. The minimum absolute atomic E-state index is 0.196. The Morgan fingerprint density at radius 3 is 1.66 bits per heavy atom. The fourth-order valence-corrected chi connectivity index (χ4v) is 7.55. The number of aromatic nitrogens is 3. The lowest BCUT2D eigenvalue weighted by Gasteiger charge is -2.22. The Hall–Kier alpha value is -6.96. The molecule has 0 bridgehead atoms. The van der Waals surface area contributed by atoms with Crippen LogP contribution in [0, 0.1) is 11.3 Å². The van der Waals surface area contributed by atoms with Crippen molar-refractivity contribution in [1.82, 2.24) is 15.0 Å². The number of rotatable bonds is 6. The van der Waals surface area contributed by atoms with E-state index in [1.54, 1.807) is 6.20 Å². The Bertz CT molecular complexity index is 2620. The summed E-state index contributed by atoms with van der Waals surface area (Å²) in [6, 6.07) is 57.2. The highest BCUT2D eigenvalue weighted by molar-refractivity contribution is 5.86. The molecule has 0 aliphatic heterocycles. The van der Waals surface area contributed by atoms with Gasteiger partial charge in [-0.15, -0.1) is 0 Å². The summed E-state index contributed by atoms with van der Waals surface area (Å²) in [5, 5.41) is 9.55. The van der Waals surface area contributed by atoms with Gasteiger partial charge < -0.3 is 0 Å². The van der Waals surface area contributed by atoms with Crippen molar-refractivity contribution in [3.8, 4) is 84.5 Å². The molecule has 1 aliphatic rings. The van der Waals surface area contributed by atoms with Gasteiger partial charge in [-0.2, -0.15) is 5.26 Å². The van der Waals surface area contributed by atoms with Gasteiger partial charge in [0.15, 0.2) is 5.82 Å². The monoisotopic (exact) mass is 678 g/mol. The molecule has 4 nitrogen and oxygen atoms in total. The zero-order valence-electron chi connectivity index (χ0n) is 29.5. The summed E-state index contributed by atoms with van der Waals surface area (Å²) >= 11 is 0. The molecule has 0 spiro atoms. The van der Waals surface area contributed by atoms with Crippen LogP contribution in [-0.4, -0.2) is 15.0 Å². The Morgan fingerprint density at radius 2 is 1.00 bits per heavy atom. The van der Waals surface area contributed by atoms with Crippen molar-refractivity contribution < 1.29 is 0 Å². The van der Waals surface area contributed by atoms with Crippen LogP contribution in [0.25, 0.3) is 78.4 Å². The average molecular weight is 679 g/mol. The summed E-state index contributed by atoms with van der Waals surface area (Å²) < 4.78 is 0. The molecule has 0 N–H and O–H groups in total. The molecule has 0 unspecified atom stereocenters. The second kappa shape index (κ2) is 13.0. The predicted octanol–water partition coefficient (Wildman–Crippen LogP) is 12.1. The van der Waals surface area contributed by atoms with Crippen LogP contribution in [0.5, 0.6) is 0 Å². The number of fused-ring (bicyclic) bond motifs is 3. The third-order valence-electron chi connectivity index (χ3n) is 10.4. The van der Waals surface area contributed by atoms with Gasteiger partial charge in [-0.3, -0.25) is 4.98 Å². The molecule has 8 aromatic rings. The van der Waals surface area contributed by atoms with Gasteiger partial charge in [0.25, 0.3) is 0 Å². The first-order valence-corrected chi connectivity index (χ1v) is 17.8. The zero-order valence-corrected chi connectivity index (χ0v) is 29.5. The molecule has 250 valence electrons. The van der Waals surface area contributed by atoms with E-state index in [9.17, 15) is 5.26 Å². The second-order valence-electron chi connectivity index (χ2n) is 14.1.